The lowest BCUT2D eigenvalue weighted by Crippen LogP contribution is -2.39. The predicted molar refractivity (Wildman–Crippen MR) is 81.1 cm³/mol. The number of methoxy groups -OCH3 is 1. The molecule has 3 fully saturated rings. The number of hydrogen-bond acceptors (Lipinski definition) is 5. The van der Waals surface area contributed by atoms with E-state index < -0.39 is 32.8 Å². The maximum Gasteiger partial charge on any atom is 0.311 e. The van der Waals surface area contributed by atoms with E-state index in [9.17, 15) is 23.1 Å². The average Bonchev–Trinajstić information content (AvgIpc) is 2.92. The summed E-state index contributed by atoms with van der Waals surface area (Å²) in [5.41, 5.74) is -1.42. The summed E-state index contributed by atoms with van der Waals surface area (Å²) in [5, 5.41) is 9.57. The number of fused-ring (bicyclic) bond motifs is 1. The van der Waals surface area contributed by atoms with Gasteiger partial charge in [-0.2, -0.15) is 0 Å². The standard InChI is InChI=1S/C15H23NO6S/c1-22-12(17)7-14(5-6-14)10-23(20,21)16-8-11-3-2-4-15(11,9-16)13(18)19/h11H,2-10H2,1H3,(H,18,19)/t11-,15+/m0/s1. The van der Waals surface area contributed by atoms with E-state index in [0.29, 0.717) is 25.8 Å². The summed E-state index contributed by atoms with van der Waals surface area (Å²) in [7, 11) is -2.26. The Balaban J connectivity index is 1.72. The van der Waals surface area contributed by atoms with E-state index in [-0.39, 0.29) is 24.6 Å². The van der Waals surface area contributed by atoms with Gasteiger partial charge in [0, 0.05) is 13.1 Å². The van der Waals surface area contributed by atoms with Gasteiger partial charge in [0.05, 0.1) is 24.7 Å². The number of rotatable bonds is 6. The van der Waals surface area contributed by atoms with E-state index in [1.165, 1.54) is 11.4 Å². The fourth-order valence-corrected chi connectivity index (χ4v) is 6.39. The first-order valence-electron chi connectivity index (χ1n) is 8.01. The number of carbonyl (C=O) groups is 2. The fourth-order valence-electron chi connectivity index (χ4n) is 4.21. The molecule has 0 spiro atoms. The van der Waals surface area contributed by atoms with E-state index in [1.807, 2.05) is 0 Å². The molecule has 0 amide bonds. The van der Waals surface area contributed by atoms with Crippen molar-refractivity contribution in [2.75, 3.05) is 26.0 Å². The quantitative estimate of drug-likeness (QED) is 0.716. The Morgan fingerprint density at radius 1 is 1.30 bits per heavy atom. The van der Waals surface area contributed by atoms with E-state index >= 15 is 0 Å². The first-order chi connectivity index (χ1) is 10.7. The van der Waals surface area contributed by atoms with Gasteiger partial charge in [-0.15, -0.1) is 0 Å². The summed E-state index contributed by atoms with van der Waals surface area (Å²) in [5.74, 6) is -1.45. The summed E-state index contributed by atoms with van der Waals surface area (Å²) >= 11 is 0. The zero-order valence-corrected chi connectivity index (χ0v) is 14.1. The molecule has 2 aliphatic carbocycles. The number of sulfonamides is 1. The summed E-state index contributed by atoms with van der Waals surface area (Å²) in [6.07, 6.45) is 3.67. The van der Waals surface area contributed by atoms with Gasteiger partial charge < -0.3 is 9.84 Å². The molecule has 3 aliphatic rings. The highest BCUT2D eigenvalue weighted by Crippen LogP contribution is 2.53. The maximum absolute atomic E-state index is 12.7. The highest BCUT2D eigenvalue weighted by molar-refractivity contribution is 7.89. The molecule has 7 nitrogen and oxygen atoms in total. The van der Waals surface area contributed by atoms with Gasteiger partial charge in [-0.3, -0.25) is 9.59 Å². The predicted octanol–water partition coefficient (Wildman–Crippen LogP) is 0.846. The molecule has 23 heavy (non-hydrogen) atoms. The Labute approximate surface area is 136 Å². The molecule has 130 valence electrons. The lowest BCUT2D eigenvalue weighted by Gasteiger charge is -2.24. The van der Waals surface area contributed by atoms with Crippen molar-refractivity contribution >= 4 is 22.0 Å². The molecule has 0 unspecified atom stereocenters. The monoisotopic (exact) mass is 345 g/mol. The Hall–Kier alpha value is -1.15. The number of carboxylic acid groups (broad SMARTS) is 1. The highest BCUT2D eigenvalue weighted by Gasteiger charge is 2.58. The van der Waals surface area contributed by atoms with Crippen LogP contribution in [-0.4, -0.2) is 55.7 Å². The van der Waals surface area contributed by atoms with E-state index in [1.54, 1.807) is 0 Å². The van der Waals surface area contributed by atoms with Gasteiger partial charge in [-0.25, -0.2) is 12.7 Å². The minimum absolute atomic E-state index is 0.0731. The van der Waals surface area contributed by atoms with Gasteiger partial charge in [-0.1, -0.05) is 6.42 Å². The van der Waals surface area contributed by atoms with Gasteiger partial charge in [-0.05, 0) is 37.0 Å². The van der Waals surface area contributed by atoms with Crippen LogP contribution in [0.4, 0.5) is 0 Å². The summed E-state index contributed by atoms with van der Waals surface area (Å²) in [6.45, 7) is 0.368. The van der Waals surface area contributed by atoms with Gasteiger partial charge in [0.1, 0.15) is 0 Å². The van der Waals surface area contributed by atoms with Crippen molar-refractivity contribution in [1.29, 1.82) is 0 Å². The van der Waals surface area contributed by atoms with Crippen LogP contribution in [0.2, 0.25) is 0 Å². The lowest BCUT2D eigenvalue weighted by atomic mass is 9.81. The molecule has 1 heterocycles. The van der Waals surface area contributed by atoms with Gasteiger partial charge >= 0.3 is 11.9 Å². The first kappa shape index (κ1) is 16.7. The van der Waals surface area contributed by atoms with Crippen LogP contribution in [0.5, 0.6) is 0 Å². The molecule has 0 aromatic heterocycles. The van der Waals surface area contributed by atoms with Crippen LogP contribution in [-0.2, 0) is 24.3 Å². The number of esters is 1. The third-order valence-electron chi connectivity index (χ3n) is 5.85. The molecule has 1 N–H and O–H groups in total. The maximum atomic E-state index is 12.7. The zero-order valence-electron chi connectivity index (χ0n) is 13.3. The minimum atomic E-state index is -3.56. The largest absolute Gasteiger partial charge is 0.481 e. The Morgan fingerprint density at radius 2 is 2.00 bits per heavy atom. The molecule has 0 bridgehead atoms. The second-order valence-corrected chi connectivity index (χ2v) is 9.32. The highest BCUT2D eigenvalue weighted by atomic mass is 32.2. The Morgan fingerprint density at radius 3 is 2.52 bits per heavy atom. The van der Waals surface area contributed by atoms with E-state index in [4.69, 9.17) is 0 Å². The van der Waals surface area contributed by atoms with E-state index in [2.05, 4.69) is 4.74 Å². The van der Waals surface area contributed by atoms with Gasteiger partial charge in [0.25, 0.3) is 0 Å². The molecule has 1 aliphatic heterocycles. The van der Waals surface area contributed by atoms with Crippen LogP contribution in [0.15, 0.2) is 0 Å². The van der Waals surface area contributed by atoms with Crippen molar-refractivity contribution in [2.24, 2.45) is 16.7 Å². The summed E-state index contributed by atoms with van der Waals surface area (Å²) in [4.78, 5) is 23.1. The summed E-state index contributed by atoms with van der Waals surface area (Å²) in [6, 6.07) is 0. The molecule has 2 atom stereocenters. The molecule has 0 aromatic rings. The smallest absolute Gasteiger partial charge is 0.311 e. The zero-order chi connectivity index (χ0) is 16.9. The van der Waals surface area contributed by atoms with Crippen molar-refractivity contribution in [3.63, 3.8) is 0 Å². The number of hydrogen-bond donors (Lipinski definition) is 1. The lowest BCUT2D eigenvalue weighted by molar-refractivity contribution is -0.149. The molecule has 1 saturated heterocycles. The van der Waals surface area contributed by atoms with Crippen LogP contribution < -0.4 is 0 Å². The van der Waals surface area contributed by atoms with Crippen molar-refractivity contribution < 1.29 is 27.9 Å². The van der Waals surface area contributed by atoms with Crippen molar-refractivity contribution in [3.8, 4) is 0 Å². The third kappa shape index (κ3) is 2.87. The Kier molecular flexibility index (Phi) is 3.95. The van der Waals surface area contributed by atoms with Gasteiger partial charge in [0.15, 0.2) is 0 Å². The van der Waals surface area contributed by atoms with E-state index in [0.717, 1.165) is 12.8 Å². The number of nitrogens with zero attached hydrogens (tertiary/aromatic N) is 1. The van der Waals surface area contributed by atoms with Crippen molar-refractivity contribution in [2.45, 2.75) is 38.5 Å². The summed E-state index contributed by atoms with van der Waals surface area (Å²) < 4.78 is 31.5. The SMILES string of the molecule is COC(=O)CC1(CS(=O)(=O)N2C[C@@H]3CCC[C@@]3(C(=O)O)C2)CC1. The number of aliphatic carboxylic acids is 1. The topological polar surface area (TPSA) is 101 Å². The molecular formula is C15H23NO6S. The normalized spacial score (nSPS) is 32.5. The first-order valence-corrected chi connectivity index (χ1v) is 9.62. The molecule has 2 saturated carbocycles. The molecule has 8 heteroatoms. The number of carbonyl (C=O) groups excluding carboxylic acids is 1. The molecule has 0 radical (unpaired) electrons. The van der Waals surface area contributed by atoms with Crippen LogP contribution >= 0.6 is 0 Å². The number of carboxylic acids is 1. The fraction of sp³-hybridized carbons (Fsp3) is 0.867. The Bertz CT molecular complexity index is 626. The van der Waals surface area contributed by atoms with Gasteiger partial charge in [0.2, 0.25) is 10.0 Å². The molecule has 3 rings (SSSR count). The second kappa shape index (κ2) is 5.44. The number of ether oxygens (including phenoxy) is 1. The van der Waals surface area contributed by atoms with Crippen LogP contribution in [0.3, 0.4) is 0 Å². The van der Waals surface area contributed by atoms with Crippen molar-refractivity contribution in [3.05, 3.63) is 0 Å². The van der Waals surface area contributed by atoms with Crippen molar-refractivity contribution in [1.82, 2.24) is 4.31 Å². The molecule has 0 aromatic carbocycles. The average molecular weight is 345 g/mol. The van der Waals surface area contributed by atoms with Crippen LogP contribution in [0.1, 0.15) is 38.5 Å². The van der Waals surface area contributed by atoms with Crippen LogP contribution in [0, 0.1) is 16.7 Å². The second-order valence-electron chi connectivity index (χ2n) is 7.35. The third-order valence-corrected chi connectivity index (χ3v) is 7.89. The molecular weight excluding hydrogens is 322 g/mol. The van der Waals surface area contributed by atoms with Crippen LogP contribution in [0.25, 0.3) is 0 Å². The minimum Gasteiger partial charge on any atom is -0.481 e.